The second-order valence-corrected chi connectivity index (χ2v) is 4.57. The van der Waals surface area contributed by atoms with E-state index in [9.17, 15) is 0 Å². The van der Waals surface area contributed by atoms with Crippen LogP contribution < -0.4 is 0 Å². The Labute approximate surface area is 107 Å². The van der Waals surface area contributed by atoms with E-state index < -0.39 is 5.79 Å². The SMILES string of the molecule is COC1(OC)c2ccccc2-c2cccc(C)c21. The van der Waals surface area contributed by atoms with Crippen LogP contribution in [0.5, 0.6) is 0 Å². The Morgan fingerprint density at radius 2 is 1.50 bits per heavy atom. The number of fused-ring (bicyclic) bond motifs is 3. The van der Waals surface area contributed by atoms with Crippen molar-refractivity contribution in [2.24, 2.45) is 0 Å². The van der Waals surface area contributed by atoms with Gasteiger partial charge in [-0.05, 0) is 23.6 Å². The molecule has 0 unspecified atom stereocenters. The van der Waals surface area contributed by atoms with E-state index in [0.717, 1.165) is 11.1 Å². The van der Waals surface area contributed by atoms with Crippen LogP contribution in [0, 0.1) is 6.92 Å². The van der Waals surface area contributed by atoms with Crippen molar-refractivity contribution in [1.82, 2.24) is 0 Å². The third-order valence-electron chi connectivity index (χ3n) is 3.75. The van der Waals surface area contributed by atoms with Gasteiger partial charge in [-0.1, -0.05) is 42.5 Å². The van der Waals surface area contributed by atoms with Crippen LogP contribution in [0.4, 0.5) is 0 Å². The molecule has 0 bridgehead atoms. The van der Waals surface area contributed by atoms with Gasteiger partial charge in [0, 0.05) is 25.3 Å². The van der Waals surface area contributed by atoms with Crippen molar-refractivity contribution in [2.75, 3.05) is 14.2 Å². The standard InChI is InChI=1S/C16H16O2/c1-11-7-6-9-13-12-8-4-5-10-14(12)16(17-2,18-3)15(11)13/h4-10H,1-3H3. The summed E-state index contributed by atoms with van der Waals surface area (Å²) in [6.45, 7) is 2.09. The summed E-state index contributed by atoms with van der Waals surface area (Å²) < 4.78 is 11.5. The minimum atomic E-state index is -0.767. The lowest BCUT2D eigenvalue weighted by Crippen LogP contribution is -2.30. The van der Waals surface area contributed by atoms with Gasteiger partial charge in [0.15, 0.2) is 0 Å². The molecule has 2 aromatic carbocycles. The lowest BCUT2D eigenvalue weighted by Gasteiger charge is -2.29. The molecule has 92 valence electrons. The van der Waals surface area contributed by atoms with Crippen molar-refractivity contribution >= 4 is 0 Å². The van der Waals surface area contributed by atoms with Crippen LogP contribution in [0.25, 0.3) is 11.1 Å². The van der Waals surface area contributed by atoms with E-state index in [4.69, 9.17) is 9.47 Å². The molecular formula is C16H16O2. The lowest BCUT2D eigenvalue weighted by molar-refractivity contribution is -0.181. The third kappa shape index (κ3) is 1.25. The van der Waals surface area contributed by atoms with E-state index in [1.165, 1.54) is 16.7 Å². The van der Waals surface area contributed by atoms with E-state index in [-0.39, 0.29) is 0 Å². The Morgan fingerprint density at radius 1 is 0.833 bits per heavy atom. The lowest BCUT2D eigenvalue weighted by atomic mass is 9.99. The van der Waals surface area contributed by atoms with Gasteiger partial charge >= 0.3 is 0 Å². The summed E-state index contributed by atoms with van der Waals surface area (Å²) in [6.07, 6.45) is 0. The van der Waals surface area contributed by atoms with Crippen molar-refractivity contribution < 1.29 is 9.47 Å². The fourth-order valence-electron chi connectivity index (χ4n) is 2.98. The number of hydrogen-bond donors (Lipinski definition) is 0. The van der Waals surface area contributed by atoms with Gasteiger partial charge in [0.25, 0.3) is 0 Å². The molecule has 2 heteroatoms. The first-order valence-electron chi connectivity index (χ1n) is 6.05. The number of hydrogen-bond acceptors (Lipinski definition) is 2. The number of ether oxygens (including phenoxy) is 2. The zero-order chi connectivity index (χ0) is 12.8. The van der Waals surface area contributed by atoms with Gasteiger partial charge in [-0.2, -0.15) is 0 Å². The molecule has 1 aliphatic carbocycles. The van der Waals surface area contributed by atoms with Crippen molar-refractivity contribution in [3.05, 3.63) is 59.2 Å². The quantitative estimate of drug-likeness (QED) is 0.748. The topological polar surface area (TPSA) is 18.5 Å². The highest BCUT2D eigenvalue weighted by atomic mass is 16.7. The predicted molar refractivity (Wildman–Crippen MR) is 71.4 cm³/mol. The molecular weight excluding hydrogens is 224 g/mol. The summed E-state index contributed by atoms with van der Waals surface area (Å²) in [5.41, 5.74) is 5.79. The summed E-state index contributed by atoms with van der Waals surface area (Å²) in [6, 6.07) is 14.6. The Balaban J connectivity index is 2.42. The molecule has 0 amide bonds. The summed E-state index contributed by atoms with van der Waals surface area (Å²) in [7, 11) is 3.39. The van der Waals surface area contributed by atoms with Crippen LogP contribution in [-0.2, 0) is 15.3 Å². The second kappa shape index (κ2) is 3.94. The third-order valence-corrected chi connectivity index (χ3v) is 3.75. The monoisotopic (exact) mass is 240 g/mol. The Kier molecular flexibility index (Phi) is 2.51. The van der Waals surface area contributed by atoms with Gasteiger partial charge in [-0.15, -0.1) is 0 Å². The Hall–Kier alpha value is -1.64. The normalized spacial score (nSPS) is 15.3. The van der Waals surface area contributed by atoms with E-state index in [2.05, 4.69) is 37.3 Å². The molecule has 2 nitrogen and oxygen atoms in total. The Bertz CT molecular complexity index is 598. The van der Waals surface area contributed by atoms with Crippen molar-refractivity contribution in [2.45, 2.75) is 12.7 Å². The van der Waals surface area contributed by atoms with Gasteiger partial charge in [-0.3, -0.25) is 0 Å². The van der Waals surface area contributed by atoms with Gasteiger partial charge in [0.1, 0.15) is 0 Å². The molecule has 0 fully saturated rings. The first-order chi connectivity index (χ1) is 8.74. The maximum atomic E-state index is 5.76. The molecule has 18 heavy (non-hydrogen) atoms. The first-order valence-corrected chi connectivity index (χ1v) is 6.05. The van der Waals surface area contributed by atoms with Crippen molar-refractivity contribution in [3.8, 4) is 11.1 Å². The highest BCUT2D eigenvalue weighted by Crippen LogP contribution is 2.50. The average molecular weight is 240 g/mol. The molecule has 0 spiro atoms. The highest BCUT2D eigenvalue weighted by molar-refractivity contribution is 5.80. The maximum absolute atomic E-state index is 5.76. The van der Waals surface area contributed by atoms with Crippen LogP contribution in [0.3, 0.4) is 0 Å². The molecule has 0 saturated carbocycles. The molecule has 0 N–H and O–H groups in total. The van der Waals surface area contributed by atoms with Crippen LogP contribution in [0.1, 0.15) is 16.7 Å². The van der Waals surface area contributed by atoms with Crippen LogP contribution in [-0.4, -0.2) is 14.2 Å². The summed E-state index contributed by atoms with van der Waals surface area (Å²) in [5.74, 6) is -0.767. The van der Waals surface area contributed by atoms with Gasteiger partial charge < -0.3 is 9.47 Å². The van der Waals surface area contributed by atoms with E-state index >= 15 is 0 Å². The van der Waals surface area contributed by atoms with Gasteiger partial charge in [0.2, 0.25) is 5.79 Å². The molecule has 0 saturated heterocycles. The fraction of sp³-hybridized carbons (Fsp3) is 0.250. The summed E-state index contributed by atoms with van der Waals surface area (Å²) in [4.78, 5) is 0. The Morgan fingerprint density at radius 3 is 2.22 bits per heavy atom. The largest absolute Gasteiger partial charge is 0.346 e. The predicted octanol–water partition coefficient (Wildman–Crippen LogP) is 3.47. The minimum absolute atomic E-state index is 0.767. The zero-order valence-electron chi connectivity index (χ0n) is 10.9. The smallest absolute Gasteiger partial charge is 0.223 e. The van der Waals surface area contributed by atoms with Crippen LogP contribution in [0.2, 0.25) is 0 Å². The van der Waals surface area contributed by atoms with E-state index in [0.29, 0.717) is 0 Å². The summed E-state index contributed by atoms with van der Waals surface area (Å²) >= 11 is 0. The average Bonchev–Trinajstić information content (AvgIpc) is 2.71. The van der Waals surface area contributed by atoms with Crippen molar-refractivity contribution in [3.63, 3.8) is 0 Å². The molecule has 3 rings (SSSR count). The van der Waals surface area contributed by atoms with E-state index in [1.54, 1.807) is 14.2 Å². The summed E-state index contributed by atoms with van der Waals surface area (Å²) in [5, 5.41) is 0. The highest BCUT2D eigenvalue weighted by Gasteiger charge is 2.44. The van der Waals surface area contributed by atoms with Gasteiger partial charge in [0.05, 0.1) is 0 Å². The minimum Gasteiger partial charge on any atom is -0.346 e. The maximum Gasteiger partial charge on any atom is 0.223 e. The molecule has 0 aromatic heterocycles. The number of rotatable bonds is 2. The molecule has 0 atom stereocenters. The molecule has 1 aliphatic rings. The van der Waals surface area contributed by atoms with Crippen LogP contribution >= 0.6 is 0 Å². The van der Waals surface area contributed by atoms with Gasteiger partial charge in [-0.25, -0.2) is 0 Å². The molecule has 2 aromatic rings. The number of aryl methyl sites for hydroxylation is 1. The first kappa shape index (κ1) is 11.5. The number of benzene rings is 2. The molecule has 0 heterocycles. The molecule has 0 aliphatic heterocycles. The fourth-order valence-corrected chi connectivity index (χ4v) is 2.98. The zero-order valence-corrected chi connectivity index (χ0v) is 10.9. The molecule has 0 radical (unpaired) electrons. The van der Waals surface area contributed by atoms with E-state index in [1.807, 2.05) is 12.1 Å². The van der Waals surface area contributed by atoms with Crippen molar-refractivity contribution in [1.29, 1.82) is 0 Å². The number of methoxy groups -OCH3 is 2. The second-order valence-electron chi connectivity index (χ2n) is 4.57. The van der Waals surface area contributed by atoms with Crippen LogP contribution in [0.15, 0.2) is 42.5 Å².